The summed E-state index contributed by atoms with van der Waals surface area (Å²) < 4.78 is 0. The van der Waals surface area contributed by atoms with Crippen molar-refractivity contribution in [1.82, 2.24) is 0 Å². The molecule has 0 fully saturated rings. The molecule has 0 aliphatic heterocycles. The third-order valence-corrected chi connectivity index (χ3v) is 3.63. The fourth-order valence-electron chi connectivity index (χ4n) is 2.18. The van der Waals surface area contributed by atoms with E-state index in [9.17, 15) is 0 Å². The number of hydrogen-bond acceptors (Lipinski definition) is 2. The monoisotopic (exact) mass is 325 g/mol. The molecule has 2 aromatic rings. The summed E-state index contributed by atoms with van der Waals surface area (Å²) in [5, 5.41) is 2.89. The first-order valence-corrected chi connectivity index (χ1v) is 7.91. The van der Waals surface area contributed by atoms with Crippen molar-refractivity contribution < 1.29 is 0 Å². The van der Waals surface area contributed by atoms with Crippen LogP contribution in [-0.4, -0.2) is 5.16 Å². The highest BCUT2D eigenvalue weighted by Gasteiger charge is 2.04. The maximum atomic E-state index is 6.20. The maximum absolute atomic E-state index is 6.20. The van der Waals surface area contributed by atoms with Gasteiger partial charge in [0.2, 0.25) is 0 Å². The average molecular weight is 326 g/mol. The molecule has 0 aliphatic rings. The minimum Gasteiger partial charge on any atom is -0.193 e. The zero-order chi connectivity index (χ0) is 15.9. The standard InChI is InChI=1S/C19H16ClNS/c1-3-4-15-5-7-16(8-6-15)9-10-17-11-14(2)19(21-13-22)18(20)12-17/h5-8,11-12H,3-4H2,1-2H3. The van der Waals surface area contributed by atoms with E-state index in [1.54, 1.807) is 6.07 Å². The van der Waals surface area contributed by atoms with Gasteiger partial charge in [0.15, 0.2) is 0 Å². The van der Waals surface area contributed by atoms with Gasteiger partial charge in [-0.15, -0.1) is 0 Å². The zero-order valence-electron chi connectivity index (χ0n) is 12.6. The summed E-state index contributed by atoms with van der Waals surface area (Å²) in [6.45, 7) is 4.11. The first kappa shape index (κ1) is 16.5. The Balaban J connectivity index is 2.26. The van der Waals surface area contributed by atoms with Crippen molar-refractivity contribution in [3.63, 3.8) is 0 Å². The molecule has 1 nitrogen and oxygen atoms in total. The summed E-state index contributed by atoms with van der Waals surface area (Å²) >= 11 is 10.8. The number of halogens is 1. The molecule has 0 amide bonds. The summed E-state index contributed by atoms with van der Waals surface area (Å²) in [7, 11) is 0. The van der Waals surface area contributed by atoms with Crippen LogP contribution in [0.1, 0.15) is 35.6 Å². The summed E-state index contributed by atoms with van der Waals surface area (Å²) in [6, 6.07) is 12.1. The second kappa shape index (κ2) is 7.92. The van der Waals surface area contributed by atoms with E-state index < -0.39 is 0 Å². The Hall–Kier alpha value is -1.91. The van der Waals surface area contributed by atoms with E-state index in [1.807, 2.05) is 13.0 Å². The third-order valence-electron chi connectivity index (χ3n) is 3.26. The SMILES string of the molecule is CCCc1ccc(C#Cc2cc(C)c(N=C=S)c(Cl)c2)cc1. The molecular formula is C19H16ClNS. The highest BCUT2D eigenvalue weighted by Crippen LogP contribution is 2.29. The van der Waals surface area contributed by atoms with Crippen LogP contribution < -0.4 is 0 Å². The first-order chi connectivity index (χ1) is 10.6. The molecule has 0 aliphatic carbocycles. The molecule has 110 valence electrons. The molecule has 0 radical (unpaired) electrons. The second-order valence-electron chi connectivity index (χ2n) is 5.02. The highest BCUT2D eigenvalue weighted by molar-refractivity contribution is 7.78. The topological polar surface area (TPSA) is 12.4 Å². The van der Waals surface area contributed by atoms with Crippen LogP contribution in [0.4, 0.5) is 5.69 Å². The van der Waals surface area contributed by atoms with Gasteiger partial charge in [-0.2, -0.15) is 4.99 Å². The van der Waals surface area contributed by atoms with E-state index in [-0.39, 0.29) is 0 Å². The van der Waals surface area contributed by atoms with Crippen molar-refractivity contribution in [1.29, 1.82) is 0 Å². The smallest absolute Gasteiger partial charge is 0.0955 e. The molecule has 0 aromatic heterocycles. The van der Waals surface area contributed by atoms with Crippen LogP contribution >= 0.6 is 23.8 Å². The number of nitrogens with zero attached hydrogens (tertiary/aromatic N) is 1. The lowest BCUT2D eigenvalue weighted by atomic mass is 10.1. The van der Waals surface area contributed by atoms with Crippen molar-refractivity contribution in [2.24, 2.45) is 4.99 Å². The molecule has 2 aromatic carbocycles. The van der Waals surface area contributed by atoms with Crippen molar-refractivity contribution in [2.45, 2.75) is 26.7 Å². The molecule has 0 spiro atoms. The molecule has 0 heterocycles. The highest BCUT2D eigenvalue weighted by atomic mass is 35.5. The van der Waals surface area contributed by atoms with E-state index >= 15 is 0 Å². The lowest BCUT2D eigenvalue weighted by molar-refractivity contribution is 0.922. The van der Waals surface area contributed by atoms with Gasteiger partial charge >= 0.3 is 0 Å². The summed E-state index contributed by atoms with van der Waals surface area (Å²) in [6.07, 6.45) is 2.25. The van der Waals surface area contributed by atoms with Crippen molar-refractivity contribution >= 4 is 34.7 Å². The van der Waals surface area contributed by atoms with Crippen LogP contribution in [0, 0.1) is 18.8 Å². The molecule has 0 saturated heterocycles. The van der Waals surface area contributed by atoms with Crippen LogP contribution in [0.2, 0.25) is 5.02 Å². The number of aliphatic imine (C=N–C) groups is 1. The Labute approximate surface area is 142 Å². The number of isothiocyanates is 1. The van der Waals surface area contributed by atoms with Gasteiger partial charge in [-0.3, -0.25) is 0 Å². The number of aryl methyl sites for hydroxylation is 2. The van der Waals surface area contributed by atoms with Crippen LogP contribution in [-0.2, 0) is 6.42 Å². The van der Waals surface area contributed by atoms with E-state index in [0.717, 1.165) is 29.5 Å². The molecule has 0 N–H and O–H groups in total. The molecule has 22 heavy (non-hydrogen) atoms. The number of hydrogen-bond donors (Lipinski definition) is 0. The minimum atomic E-state index is 0.542. The molecular weight excluding hydrogens is 310 g/mol. The normalized spacial score (nSPS) is 9.59. The van der Waals surface area contributed by atoms with Crippen LogP contribution in [0.25, 0.3) is 0 Å². The molecule has 0 atom stereocenters. The number of rotatable bonds is 3. The predicted octanol–water partition coefficient (Wildman–Crippen LogP) is 5.74. The molecule has 3 heteroatoms. The van der Waals surface area contributed by atoms with Crippen LogP contribution in [0.3, 0.4) is 0 Å². The lowest BCUT2D eigenvalue weighted by Crippen LogP contribution is -1.84. The Kier molecular flexibility index (Phi) is 5.92. The van der Waals surface area contributed by atoms with E-state index in [1.165, 1.54) is 5.56 Å². The van der Waals surface area contributed by atoms with Gasteiger partial charge in [0.05, 0.1) is 15.9 Å². The van der Waals surface area contributed by atoms with Crippen molar-refractivity contribution in [2.75, 3.05) is 0 Å². The summed E-state index contributed by atoms with van der Waals surface area (Å²) in [4.78, 5) is 3.98. The Bertz CT molecular complexity index is 752. The average Bonchev–Trinajstić information content (AvgIpc) is 2.50. The molecule has 0 saturated carbocycles. The van der Waals surface area contributed by atoms with Gasteiger partial charge in [-0.05, 0) is 61.0 Å². The van der Waals surface area contributed by atoms with Crippen LogP contribution in [0.15, 0.2) is 41.4 Å². The van der Waals surface area contributed by atoms with Gasteiger partial charge < -0.3 is 0 Å². The zero-order valence-corrected chi connectivity index (χ0v) is 14.2. The molecule has 0 unspecified atom stereocenters. The van der Waals surface area contributed by atoms with Gasteiger partial charge in [-0.25, -0.2) is 0 Å². The van der Waals surface area contributed by atoms with Gasteiger partial charge in [0.1, 0.15) is 0 Å². The Morgan fingerprint density at radius 2 is 1.77 bits per heavy atom. The van der Waals surface area contributed by atoms with E-state index in [4.69, 9.17) is 11.6 Å². The maximum Gasteiger partial charge on any atom is 0.0955 e. The van der Waals surface area contributed by atoms with Crippen LogP contribution in [0.5, 0.6) is 0 Å². The summed E-state index contributed by atoms with van der Waals surface area (Å²) in [5.41, 5.74) is 4.80. The first-order valence-electron chi connectivity index (χ1n) is 7.13. The fourth-order valence-corrected chi connectivity index (χ4v) is 2.58. The quantitative estimate of drug-likeness (QED) is 0.398. The predicted molar refractivity (Wildman–Crippen MR) is 97.3 cm³/mol. The van der Waals surface area contributed by atoms with Crippen molar-refractivity contribution in [3.05, 3.63) is 63.7 Å². The van der Waals surface area contributed by atoms with Gasteiger partial charge in [-0.1, -0.05) is 48.9 Å². The number of benzene rings is 2. The fraction of sp³-hybridized carbons (Fsp3) is 0.211. The Morgan fingerprint density at radius 1 is 1.09 bits per heavy atom. The van der Waals surface area contributed by atoms with Crippen molar-refractivity contribution in [3.8, 4) is 11.8 Å². The van der Waals surface area contributed by atoms with Gasteiger partial charge in [0, 0.05) is 11.1 Å². The minimum absolute atomic E-state index is 0.542. The van der Waals surface area contributed by atoms with Gasteiger partial charge in [0.25, 0.3) is 0 Å². The molecule has 2 rings (SSSR count). The largest absolute Gasteiger partial charge is 0.193 e. The number of thiocarbonyl (C=S) groups is 1. The Morgan fingerprint density at radius 3 is 2.36 bits per heavy atom. The van der Waals surface area contributed by atoms with E-state index in [0.29, 0.717) is 10.7 Å². The second-order valence-corrected chi connectivity index (χ2v) is 5.61. The lowest BCUT2D eigenvalue weighted by Gasteiger charge is -2.02. The third kappa shape index (κ3) is 4.29. The summed E-state index contributed by atoms with van der Waals surface area (Å²) in [5.74, 6) is 6.30. The van der Waals surface area contributed by atoms with E-state index in [2.05, 4.69) is 65.4 Å². The molecule has 0 bridgehead atoms.